The summed E-state index contributed by atoms with van der Waals surface area (Å²) in [5.41, 5.74) is 4.20. The van der Waals surface area contributed by atoms with Gasteiger partial charge in [0, 0.05) is 21.1 Å². The molecule has 0 fully saturated rings. The number of fused-ring (bicyclic) bond motifs is 3. The topological polar surface area (TPSA) is 50.8 Å². The van der Waals surface area contributed by atoms with Crippen LogP contribution >= 0.6 is 27.7 Å². The largest absolute Gasteiger partial charge is 0.497 e. The van der Waals surface area contributed by atoms with Crippen LogP contribution in [-0.4, -0.2) is 22.1 Å². The molecule has 6 heteroatoms. The van der Waals surface area contributed by atoms with Crippen molar-refractivity contribution in [3.05, 3.63) is 58.8 Å². The number of halogens is 1. The lowest BCUT2D eigenvalue weighted by Gasteiger charge is -2.04. The van der Waals surface area contributed by atoms with Crippen molar-refractivity contribution < 1.29 is 4.74 Å². The monoisotopic (exact) mass is 399 g/mol. The number of aromatic amines is 1. The first-order valence-electron chi connectivity index (χ1n) is 7.42. The summed E-state index contributed by atoms with van der Waals surface area (Å²) < 4.78 is 6.32. The predicted octanol–water partition coefficient (Wildman–Crippen LogP) is 5.17. The molecular formula is C18H14BrN3OS. The van der Waals surface area contributed by atoms with E-state index in [4.69, 9.17) is 4.74 Å². The number of aromatic nitrogens is 3. The zero-order valence-corrected chi connectivity index (χ0v) is 15.3. The first-order valence-corrected chi connectivity index (χ1v) is 9.20. The summed E-state index contributed by atoms with van der Waals surface area (Å²) in [6.45, 7) is 0. The standard InChI is InChI=1S/C18H14BrN3OS/c1-23-13-4-2-3-11(7-13)9-24-18-17-16(20-10-21-18)14-8-12(19)5-6-15(14)22-17/h2-8,10,22H,9H2,1H3. The number of hydrogen-bond acceptors (Lipinski definition) is 4. The predicted molar refractivity (Wildman–Crippen MR) is 102 cm³/mol. The second-order valence-corrected chi connectivity index (χ2v) is 7.24. The fourth-order valence-corrected chi connectivity index (χ4v) is 3.92. The van der Waals surface area contributed by atoms with Crippen LogP contribution in [0.2, 0.25) is 0 Å². The third-order valence-corrected chi connectivity index (χ3v) is 5.37. The van der Waals surface area contributed by atoms with E-state index in [1.54, 1.807) is 25.2 Å². The Morgan fingerprint density at radius 3 is 2.96 bits per heavy atom. The molecule has 120 valence electrons. The number of H-pyrrole nitrogens is 1. The van der Waals surface area contributed by atoms with Crippen molar-refractivity contribution in [1.82, 2.24) is 15.0 Å². The van der Waals surface area contributed by atoms with Crippen LogP contribution in [0, 0.1) is 0 Å². The molecule has 0 radical (unpaired) electrons. The van der Waals surface area contributed by atoms with Gasteiger partial charge in [-0.3, -0.25) is 0 Å². The molecular weight excluding hydrogens is 386 g/mol. The van der Waals surface area contributed by atoms with Crippen molar-refractivity contribution in [2.45, 2.75) is 10.8 Å². The summed E-state index contributed by atoms with van der Waals surface area (Å²) in [5, 5.41) is 2.06. The van der Waals surface area contributed by atoms with Crippen LogP contribution in [-0.2, 0) is 5.75 Å². The molecule has 0 atom stereocenters. The number of methoxy groups -OCH3 is 1. The summed E-state index contributed by atoms with van der Waals surface area (Å²) in [5.74, 6) is 1.69. The lowest BCUT2D eigenvalue weighted by molar-refractivity contribution is 0.414. The minimum atomic E-state index is 0.822. The second kappa shape index (κ2) is 6.45. The Morgan fingerprint density at radius 2 is 2.08 bits per heavy atom. The molecule has 0 aliphatic rings. The van der Waals surface area contributed by atoms with E-state index < -0.39 is 0 Å². The van der Waals surface area contributed by atoms with Gasteiger partial charge in [0.25, 0.3) is 0 Å². The van der Waals surface area contributed by atoms with Gasteiger partial charge < -0.3 is 9.72 Å². The zero-order chi connectivity index (χ0) is 16.5. The fourth-order valence-electron chi connectivity index (χ4n) is 2.67. The van der Waals surface area contributed by atoms with Crippen molar-refractivity contribution >= 4 is 49.6 Å². The SMILES string of the molecule is COc1cccc(CSc2ncnc3c2[nH]c2ccc(Br)cc23)c1. The van der Waals surface area contributed by atoms with Crippen LogP contribution in [0.1, 0.15) is 5.56 Å². The third-order valence-electron chi connectivity index (χ3n) is 3.82. The molecule has 24 heavy (non-hydrogen) atoms. The first kappa shape index (κ1) is 15.5. The minimum Gasteiger partial charge on any atom is -0.497 e. The average molecular weight is 400 g/mol. The Kier molecular flexibility index (Phi) is 4.16. The van der Waals surface area contributed by atoms with E-state index in [1.807, 2.05) is 24.3 Å². The summed E-state index contributed by atoms with van der Waals surface area (Å²) >= 11 is 5.21. The van der Waals surface area contributed by atoms with Crippen molar-refractivity contribution in [3.63, 3.8) is 0 Å². The molecule has 0 aliphatic carbocycles. The van der Waals surface area contributed by atoms with Gasteiger partial charge in [-0.25, -0.2) is 9.97 Å². The van der Waals surface area contributed by atoms with E-state index in [1.165, 1.54) is 5.56 Å². The summed E-state index contributed by atoms with van der Waals surface area (Å²) in [4.78, 5) is 12.4. The van der Waals surface area contributed by atoms with Gasteiger partial charge >= 0.3 is 0 Å². The number of hydrogen-bond donors (Lipinski definition) is 1. The van der Waals surface area contributed by atoms with E-state index in [9.17, 15) is 0 Å². The van der Waals surface area contributed by atoms with Crippen molar-refractivity contribution in [2.75, 3.05) is 7.11 Å². The van der Waals surface area contributed by atoms with Crippen molar-refractivity contribution in [3.8, 4) is 5.75 Å². The van der Waals surface area contributed by atoms with Gasteiger partial charge in [0.15, 0.2) is 0 Å². The molecule has 0 unspecified atom stereocenters. The van der Waals surface area contributed by atoms with Crippen LogP contribution in [0.15, 0.2) is 58.3 Å². The first-order chi connectivity index (χ1) is 11.7. The second-order valence-electron chi connectivity index (χ2n) is 5.36. The normalized spacial score (nSPS) is 11.2. The quantitative estimate of drug-likeness (QED) is 0.379. The molecule has 2 aromatic heterocycles. The van der Waals surface area contributed by atoms with Gasteiger partial charge in [-0.1, -0.05) is 39.8 Å². The van der Waals surface area contributed by atoms with Gasteiger partial charge in [0.2, 0.25) is 0 Å². The minimum absolute atomic E-state index is 0.822. The summed E-state index contributed by atoms with van der Waals surface area (Å²) in [7, 11) is 1.68. The fraction of sp³-hybridized carbons (Fsp3) is 0.111. The number of thioether (sulfide) groups is 1. The number of nitrogens with one attached hydrogen (secondary N) is 1. The number of nitrogens with zero attached hydrogens (tertiary/aromatic N) is 2. The van der Waals surface area contributed by atoms with Crippen LogP contribution in [0.3, 0.4) is 0 Å². The average Bonchev–Trinajstić information content (AvgIpc) is 2.98. The molecule has 2 heterocycles. The highest BCUT2D eigenvalue weighted by Gasteiger charge is 2.11. The summed E-state index contributed by atoms with van der Waals surface area (Å²) in [6, 6.07) is 14.3. The maximum absolute atomic E-state index is 5.28. The number of ether oxygens (including phenoxy) is 1. The van der Waals surface area contributed by atoms with Gasteiger partial charge in [-0.2, -0.15) is 0 Å². The van der Waals surface area contributed by atoms with Crippen LogP contribution in [0.4, 0.5) is 0 Å². The number of benzene rings is 2. The van der Waals surface area contributed by atoms with Crippen LogP contribution in [0.25, 0.3) is 21.9 Å². The summed E-state index contributed by atoms with van der Waals surface area (Å²) in [6.07, 6.45) is 1.63. The molecule has 0 bridgehead atoms. The van der Waals surface area contributed by atoms with E-state index >= 15 is 0 Å². The molecule has 0 spiro atoms. The molecule has 0 amide bonds. The zero-order valence-electron chi connectivity index (χ0n) is 12.9. The van der Waals surface area contributed by atoms with Gasteiger partial charge in [-0.15, -0.1) is 0 Å². The highest BCUT2D eigenvalue weighted by Crippen LogP contribution is 2.32. The maximum Gasteiger partial charge on any atom is 0.124 e. The Hall–Kier alpha value is -2.05. The Labute approximate surface area is 151 Å². The third kappa shape index (κ3) is 2.87. The Bertz CT molecular complexity index is 1030. The van der Waals surface area contributed by atoms with Crippen LogP contribution in [0.5, 0.6) is 5.75 Å². The lowest BCUT2D eigenvalue weighted by atomic mass is 10.2. The molecule has 0 saturated heterocycles. The number of rotatable bonds is 4. The van der Waals surface area contributed by atoms with E-state index in [2.05, 4.69) is 49.1 Å². The Morgan fingerprint density at radius 1 is 1.17 bits per heavy atom. The highest BCUT2D eigenvalue weighted by atomic mass is 79.9. The van der Waals surface area contributed by atoms with E-state index in [0.29, 0.717) is 0 Å². The van der Waals surface area contributed by atoms with Crippen LogP contribution < -0.4 is 4.74 Å². The molecule has 4 aromatic rings. The molecule has 0 aliphatic heterocycles. The van der Waals surface area contributed by atoms with Crippen molar-refractivity contribution in [2.24, 2.45) is 0 Å². The van der Waals surface area contributed by atoms with Crippen molar-refractivity contribution in [1.29, 1.82) is 0 Å². The highest BCUT2D eigenvalue weighted by molar-refractivity contribution is 9.10. The molecule has 0 saturated carbocycles. The molecule has 2 aromatic carbocycles. The molecule has 4 nitrogen and oxygen atoms in total. The van der Waals surface area contributed by atoms with E-state index in [0.717, 1.165) is 42.9 Å². The van der Waals surface area contributed by atoms with Gasteiger partial charge in [0.1, 0.15) is 22.6 Å². The maximum atomic E-state index is 5.28. The molecule has 1 N–H and O–H groups in total. The van der Waals surface area contributed by atoms with Gasteiger partial charge in [0.05, 0.1) is 12.6 Å². The lowest BCUT2D eigenvalue weighted by Crippen LogP contribution is -1.88. The smallest absolute Gasteiger partial charge is 0.124 e. The van der Waals surface area contributed by atoms with Gasteiger partial charge in [-0.05, 0) is 35.9 Å². The Balaban J connectivity index is 1.70. The van der Waals surface area contributed by atoms with E-state index in [-0.39, 0.29) is 0 Å². The molecule has 4 rings (SSSR count).